The lowest BCUT2D eigenvalue weighted by molar-refractivity contribution is 0.0775. The van der Waals surface area contributed by atoms with Crippen LogP contribution in [0.4, 0.5) is 5.69 Å². The minimum absolute atomic E-state index is 0.0774. The zero-order chi connectivity index (χ0) is 29.4. The molecule has 6 rings (SSSR count). The number of methoxy groups -OCH3 is 1. The first kappa shape index (κ1) is 29.6. The second-order valence-electron chi connectivity index (χ2n) is 12.3. The predicted octanol–water partition coefficient (Wildman–Crippen LogP) is 6.71. The van der Waals surface area contributed by atoms with Gasteiger partial charge in [0.15, 0.2) is 11.5 Å². The molecule has 43 heavy (non-hydrogen) atoms. The molecular formula is C36H46N4O3. The minimum atomic E-state index is 0.0774. The van der Waals surface area contributed by atoms with Crippen LogP contribution in [0.2, 0.25) is 0 Å². The largest absolute Gasteiger partial charge is 0.493 e. The third kappa shape index (κ3) is 7.39. The normalized spacial score (nSPS) is 19.0. The van der Waals surface area contributed by atoms with Crippen molar-refractivity contribution >= 4 is 28.6 Å². The number of piperazine rings is 1. The van der Waals surface area contributed by atoms with E-state index < -0.39 is 0 Å². The molecule has 3 heterocycles. The van der Waals surface area contributed by atoms with Gasteiger partial charge in [-0.1, -0.05) is 56.0 Å². The molecule has 228 valence electrons. The number of benzene rings is 3. The van der Waals surface area contributed by atoms with E-state index in [0.29, 0.717) is 17.9 Å². The van der Waals surface area contributed by atoms with Gasteiger partial charge in [-0.3, -0.25) is 14.7 Å². The fourth-order valence-electron chi connectivity index (χ4n) is 6.71. The van der Waals surface area contributed by atoms with E-state index in [2.05, 4.69) is 40.1 Å². The monoisotopic (exact) mass is 582 g/mol. The third-order valence-corrected chi connectivity index (χ3v) is 9.25. The quantitative estimate of drug-likeness (QED) is 0.210. The van der Waals surface area contributed by atoms with E-state index in [4.69, 9.17) is 14.5 Å². The van der Waals surface area contributed by atoms with Crippen LogP contribution in [0.5, 0.6) is 11.5 Å². The van der Waals surface area contributed by atoms with Gasteiger partial charge in [0.2, 0.25) is 0 Å². The zero-order valence-electron chi connectivity index (χ0n) is 25.7. The summed E-state index contributed by atoms with van der Waals surface area (Å²) in [4.78, 5) is 25.1. The Balaban J connectivity index is 0.895. The number of ether oxygens (including phenoxy) is 2. The number of nitrogens with zero attached hydrogens (tertiary/aromatic N) is 4. The van der Waals surface area contributed by atoms with E-state index in [-0.39, 0.29) is 11.9 Å². The smallest absolute Gasteiger partial charge is 0.256 e. The third-order valence-electron chi connectivity index (χ3n) is 9.25. The topological polar surface area (TPSA) is 57.6 Å². The first-order valence-corrected chi connectivity index (χ1v) is 16.3. The highest BCUT2D eigenvalue weighted by Crippen LogP contribution is 2.37. The summed E-state index contributed by atoms with van der Waals surface area (Å²) in [6.07, 6.45) is 11.3. The van der Waals surface area contributed by atoms with Crippen LogP contribution in [0, 0.1) is 0 Å². The fourth-order valence-corrected chi connectivity index (χ4v) is 6.71. The van der Waals surface area contributed by atoms with Crippen LogP contribution in [0.3, 0.4) is 0 Å². The maximum Gasteiger partial charge on any atom is 0.256 e. The number of amides is 1. The maximum absolute atomic E-state index is 13.2. The molecule has 0 unspecified atom stereocenters. The van der Waals surface area contributed by atoms with Gasteiger partial charge in [0.25, 0.3) is 5.91 Å². The van der Waals surface area contributed by atoms with Gasteiger partial charge < -0.3 is 19.3 Å². The number of unbranched alkanes of at least 4 members (excludes halogenated alkanes) is 5. The summed E-state index contributed by atoms with van der Waals surface area (Å²) in [5.74, 6) is 1.54. The van der Waals surface area contributed by atoms with Crippen molar-refractivity contribution in [2.75, 3.05) is 53.0 Å². The molecule has 0 aromatic heterocycles. The van der Waals surface area contributed by atoms with Crippen molar-refractivity contribution in [1.82, 2.24) is 14.7 Å². The Morgan fingerprint density at radius 3 is 2.35 bits per heavy atom. The molecule has 2 fully saturated rings. The molecule has 3 aliphatic rings. The second-order valence-corrected chi connectivity index (χ2v) is 12.3. The molecule has 7 heteroatoms. The predicted molar refractivity (Wildman–Crippen MR) is 174 cm³/mol. The number of carbonyl (C=O) groups excluding carboxylic acids is 1. The molecule has 0 saturated carbocycles. The van der Waals surface area contributed by atoms with Gasteiger partial charge in [-0.25, -0.2) is 0 Å². The SMILES string of the molecule is COc1cc2cc3c(cc2cc1OCCCCCCCCN1CCN(Cc2ccccc2)CC1)N=C[C@@H]1CCCN1C3=O. The van der Waals surface area contributed by atoms with Crippen molar-refractivity contribution in [3.63, 3.8) is 0 Å². The summed E-state index contributed by atoms with van der Waals surface area (Å²) in [5.41, 5.74) is 2.83. The summed E-state index contributed by atoms with van der Waals surface area (Å²) in [7, 11) is 1.67. The Morgan fingerprint density at radius 2 is 1.53 bits per heavy atom. The van der Waals surface area contributed by atoms with Crippen molar-refractivity contribution in [3.05, 3.63) is 65.7 Å². The molecule has 0 aliphatic carbocycles. The van der Waals surface area contributed by atoms with Crippen molar-refractivity contribution < 1.29 is 14.3 Å². The van der Waals surface area contributed by atoms with E-state index in [0.717, 1.165) is 54.6 Å². The molecule has 0 spiro atoms. The number of hydrogen-bond donors (Lipinski definition) is 0. The highest BCUT2D eigenvalue weighted by molar-refractivity contribution is 6.07. The number of aliphatic imine (C=N–C) groups is 1. The molecule has 2 saturated heterocycles. The fraction of sp³-hybridized carbons (Fsp3) is 0.500. The van der Waals surface area contributed by atoms with Crippen LogP contribution in [-0.2, 0) is 6.54 Å². The van der Waals surface area contributed by atoms with Gasteiger partial charge in [0.1, 0.15) is 0 Å². The van der Waals surface area contributed by atoms with Gasteiger partial charge in [0, 0.05) is 45.5 Å². The van der Waals surface area contributed by atoms with E-state index in [1.54, 1.807) is 7.11 Å². The highest BCUT2D eigenvalue weighted by Gasteiger charge is 2.32. The lowest BCUT2D eigenvalue weighted by Crippen LogP contribution is -2.46. The Kier molecular flexibility index (Phi) is 9.90. The lowest BCUT2D eigenvalue weighted by atomic mass is 10.0. The van der Waals surface area contributed by atoms with Crippen LogP contribution < -0.4 is 9.47 Å². The molecule has 3 aliphatic heterocycles. The summed E-state index contributed by atoms with van der Waals surface area (Å²) >= 11 is 0. The van der Waals surface area contributed by atoms with Crippen LogP contribution in [-0.4, -0.2) is 85.8 Å². The lowest BCUT2D eigenvalue weighted by Gasteiger charge is -2.34. The molecule has 0 radical (unpaired) electrons. The number of fused-ring (bicyclic) bond motifs is 3. The van der Waals surface area contributed by atoms with Gasteiger partial charge >= 0.3 is 0 Å². The van der Waals surface area contributed by atoms with Gasteiger partial charge in [0.05, 0.1) is 31.0 Å². The molecule has 3 aromatic rings. The Morgan fingerprint density at radius 1 is 0.814 bits per heavy atom. The average Bonchev–Trinajstić information content (AvgIpc) is 3.47. The first-order valence-electron chi connectivity index (χ1n) is 16.3. The van der Waals surface area contributed by atoms with Crippen molar-refractivity contribution in [3.8, 4) is 11.5 Å². The van der Waals surface area contributed by atoms with Gasteiger partial charge in [-0.05, 0) is 72.8 Å². The molecule has 1 amide bonds. The standard InChI is InChI=1S/C36H46N4O3/c1-42-34-24-29-22-32-33(37-26-31-14-11-16-40(31)36(32)41)23-30(29)25-35(34)43-21-10-5-3-2-4-9-15-38-17-19-39(20-18-38)27-28-12-7-6-8-13-28/h6-8,12-13,22-26,31H,2-5,9-11,14-21,27H2,1H3/t31-/m0/s1. The Bertz CT molecular complexity index is 1400. The van der Waals surface area contributed by atoms with Gasteiger partial charge in [-0.15, -0.1) is 0 Å². The molecule has 1 atom stereocenters. The van der Waals surface area contributed by atoms with Crippen molar-refractivity contribution in [2.45, 2.75) is 64.0 Å². The zero-order valence-corrected chi connectivity index (χ0v) is 25.7. The van der Waals surface area contributed by atoms with Crippen molar-refractivity contribution in [1.29, 1.82) is 0 Å². The Hall–Kier alpha value is -3.42. The van der Waals surface area contributed by atoms with E-state index in [9.17, 15) is 4.79 Å². The maximum atomic E-state index is 13.2. The van der Waals surface area contributed by atoms with E-state index >= 15 is 0 Å². The molecule has 7 nitrogen and oxygen atoms in total. The minimum Gasteiger partial charge on any atom is -0.493 e. The number of carbonyl (C=O) groups is 1. The second kappa shape index (κ2) is 14.4. The van der Waals surface area contributed by atoms with Crippen LogP contribution in [0.25, 0.3) is 10.8 Å². The van der Waals surface area contributed by atoms with Crippen molar-refractivity contribution in [2.24, 2.45) is 4.99 Å². The number of rotatable bonds is 13. The highest BCUT2D eigenvalue weighted by atomic mass is 16.5. The van der Waals surface area contributed by atoms with Gasteiger partial charge in [-0.2, -0.15) is 0 Å². The molecule has 3 aromatic carbocycles. The summed E-state index contributed by atoms with van der Waals surface area (Å²) in [5, 5.41) is 1.98. The average molecular weight is 583 g/mol. The molecular weight excluding hydrogens is 536 g/mol. The van der Waals surface area contributed by atoms with Crippen LogP contribution in [0.1, 0.15) is 67.3 Å². The Labute approximate surface area is 256 Å². The van der Waals surface area contributed by atoms with E-state index in [1.165, 1.54) is 70.4 Å². The summed E-state index contributed by atoms with van der Waals surface area (Å²) in [6, 6.07) is 18.9. The first-order chi connectivity index (χ1) is 21.2. The van der Waals surface area contributed by atoms with Crippen LogP contribution in [0.15, 0.2) is 59.6 Å². The molecule has 0 N–H and O–H groups in total. The van der Waals surface area contributed by atoms with E-state index in [1.807, 2.05) is 35.4 Å². The summed E-state index contributed by atoms with van der Waals surface area (Å²) < 4.78 is 11.9. The van der Waals surface area contributed by atoms with Crippen LogP contribution >= 0.6 is 0 Å². The molecule has 0 bridgehead atoms. The summed E-state index contributed by atoms with van der Waals surface area (Å²) in [6.45, 7) is 8.50. The number of hydrogen-bond acceptors (Lipinski definition) is 6.